The van der Waals surface area contributed by atoms with Crippen LogP contribution in [-0.2, 0) is 4.79 Å². The molecule has 0 unspecified atom stereocenters. The maximum atomic E-state index is 12.7. The van der Waals surface area contributed by atoms with Crippen molar-refractivity contribution in [2.75, 3.05) is 28.4 Å². The lowest BCUT2D eigenvalue weighted by molar-refractivity contribution is -0.306. The SMILES string of the molecule is COc1ccc(C(=O)N[C@@H](CC(=O)[O-])c2ccc(OC)c(OC)c2)cc1OC. The van der Waals surface area contributed by atoms with Crippen molar-refractivity contribution in [3.8, 4) is 23.0 Å². The Bertz CT molecular complexity index is 850. The van der Waals surface area contributed by atoms with Crippen LogP contribution < -0.4 is 29.4 Å². The highest BCUT2D eigenvalue weighted by molar-refractivity contribution is 5.95. The van der Waals surface area contributed by atoms with Crippen LogP contribution in [0.1, 0.15) is 28.4 Å². The number of benzene rings is 2. The summed E-state index contributed by atoms with van der Waals surface area (Å²) in [6.07, 6.45) is -0.408. The van der Waals surface area contributed by atoms with Crippen LogP contribution in [0, 0.1) is 0 Å². The molecular formula is C20H22NO7-. The maximum Gasteiger partial charge on any atom is 0.251 e. The van der Waals surface area contributed by atoms with E-state index in [1.165, 1.54) is 34.5 Å². The molecule has 8 heteroatoms. The molecule has 0 saturated carbocycles. The van der Waals surface area contributed by atoms with Gasteiger partial charge in [0.2, 0.25) is 0 Å². The highest BCUT2D eigenvalue weighted by atomic mass is 16.5. The van der Waals surface area contributed by atoms with Crippen molar-refractivity contribution in [2.45, 2.75) is 12.5 Å². The van der Waals surface area contributed by atoms with Crippen LogP contribution in [0.5, 0.6) is 23.0 Å². The third-order valence-corrected chi connectivity index (χ3v) is 4.13. The smallest absolute Gasteiger partial charge is 0.251 e. The Labute approximate surface area is 163 Å². The molecule has 0 aromatic heterocycles. The van der Waals surface area contributed by atoms with Gasteiger partial charge in [-0.2, -0.15) is 0 Å². The van der Waals surface area contributed by atoms with Crippen LogP contribution in [0.3, 0.4) is 0 Å². The minimum atomic E-state index is -1.30. The molecule has 0 spiro atoms. The number of hydrogen-bond donors (Lipinski definition) is 1. The zero-order valence-corrected chi connectivity index (χ0v) is 16.1. The third kappa shape index (κ3) is 4.85. The van der Waals surface area contributed by atoms with E-state index in [9.17, 15) is 14.7 Å². The zero-order valence-electron chi connectivity index (χ0n) is 16.1. The summed E-state index contributed by atoms with van der Waals surface area (Å²) >= 11 is 0. The first-order valence-electron chi connectivity index (χ1n) is 8.38. The molecular weight excluding hydrogens is 366 g/mol. The van der Waals surface area contributed by atoms with E-state index in [0.29, 0.717) is 34.1 Å². The van der Waals surface area contributed by atoms with Crippen LogP contribution >= 0.6 is 0 Å². The Kier molecular flexibility index (Phi) is 7.08. The Morgan fingerprint density at radius 3 is 1.93 bits per heavy atom. The minimum absolute atomic E-state index is 0.293. The Balaban J connectivity index is 2.32. The molecule has 28 heavy (non-hydrogen) atoms. The molecule has 1 N–H and O–H groups in total. The lowest BCUT2D eigenvalue weighted by atomic mass is 10.0. The lowest BCUT2D eigenvalue weighted by Crippen LogP contribution is -2.34. The van der Waals surface area contributed by atoms with Crippen LogP contribution in [-0.4, -0.2) is 40.3 Å². The van der Waals surface area contributed by atoms with Gasteiger partial charge >= 0.3 is 0 Å². The van der Waals surface area contributed by atoms with E-state index in [1.54, 1.807) is 30.3 Å². The van der Waals surface area contributed by atoms with E-state index >= 15 is 0 Å². The molecule has 0 radical (unpaired) electrons. The predicted molar refractivity (Wildman–Crippen MR) is 98.9 cm³/mol. The quantitative estimate of drug-likeness (QED) is 0.691. The van der Waals surface area contributed by atoms with Gasteiger partial charge in [-0.3, -0.25) is 4.79 Å². The molecule has 1 amide bonds. The number of ether oxygens (including phenoxy) is 4. The summed E-state index contributed by atoms with van der Waals surface area (Å²) in [5, 5.41) is 13.9. The number of amides is 1. The Hall–Kier alpha value is -3.42. The predicted octanol–water partition coefficient (Wildman–Crippen LogP) is 1.33. The van der Waals surface area contributed by atoms with Gasteiger partial charge in [-0.1, -0.05) is 6.07 Å². The molecule has 150 valence electrons. The number of rotatable bonds is 9. The van der Waals surface area contributed by atoms with E-state index in [2.05, 4.69) is 5.32 Å². The third-order valence-electron chi connectivity index (χ3n) is 4.13. The number of carbonyl (C=O) groups excluding carboxylic acids is 2. The molecule has 0 aliphatic carbocycles. The van der Waals surface area contributed by atoms with Crippen molar-refractivity contribution < 1.29 is 33.6 Å². The number of aliphatic carboxylic acids is 1. The normalized spacial score (nSPS) is 11.3. The molecule has 0 fully saturated rings. The van der Waals surface area contributed by atoms with Gasteiger partial charge in [0.05, 0.1) is 34.5 Å². The molecule has 2 aromatic rings. The largest absolute Gasteiger partial charge is 0.550 e. The van der Waals surface area contributed by atoms with Crippen molar-refractivity contribution in [3.63, 3.8) is 0 Å². The van der Waals surface area contributed by atoms with E-state index in [0.717, 1.165) is 0 Å². The van der Waals surface area contributed by atoms with Gasteiger partial charge in [-0.15, -0.1) is 0 Å². The number of nitrogens with one attached hydrogen (secondary N) is 1. The van der Waals surface area contributed by atoms with Crippen LogP contribution in [0.4, 0.5) is 0 Å². The van der Waals surface area contributed by atoms with Crippen LogP contribution in [0.15, 0.2) is 36.4 Å². The van der Waals surface area contributed by atoms with Gasteiger partial charge in [0.25, 0.3) is 5.91 Å². The maximum absolute atomic E-state index is 12.7. The highest BCUT2D eigenvalue weighted by Gasteiger charge is 2.19. The van der Waals surface area contributed by atoms with E-state index in [-0.39, 0.29) is 0 Å². The summed E-state index contributed by atoms with van der Waals surface area (Å²) in [6.45, 7) is 0. The summed E-state index contributed by atoms with van der Waals surface area (Å²) in [6, 6.07) is 8.74. The summed E-state index contributed by atoms with van der Waals surface area (Å²) in [5.41, 5.74) is 0.831. The first-order valence-corrected chi connectivity index (χ1v) is 8.38. The minimum Gasteiger partial charge on any atom is -0.550 e. The second-order valence-corrected chi connectivity index (χ2v) is 5.79. The second-order valence-electron chi connectivity index (χ2n) is 5.79. The van der Waals surface area contributed by atoms with Crippen molar-refractivity contribution >= 4 is 11.9 Å². The zero-order chi connectivity index (χ0) is 20.7. The fourth-order valence-corrected chi connectivity index (χ4v) is 2.71. The molecule has 1 atom stereocenters. The molecule has 0 aliphatic heterocycles. The summed E-state index contributed by atoms with van der Waals surface area (Å²) < 4.78 is 20.8. The first kappa shape index (κ1) is 20.9. The van der Waals surface area contributed by atoms with Crippen LogP contribution in [0.2, 0.25) is 0 Å². The Morgan fingerprint density at radius 2 is 1.39 bits per heavy atom. The number of carboxylic acid groups (broad SMARTS) is 1. The van der Waals surface area contributed by atoms with E-state index in [1.807, 2.05) is 0 Å². The fourth-order valence-electron chi connectivity index (χ4n) is 2.71. The summed E-state index contributed by atoms with van der Waals surface area (Å²) in [4.78, 5) is 23.9. The number of carboxylic acids is 1. The molecule has 2 rings (SSSR count). The van der Waals surface area contributed by atoms with Gasteiger partial charge in [0, 0.05) is 18.0 Å². The van der Waals surface area contributed by atoms with E-state index < -0.39 is 24.3 Å². The number of hydrogen-bond acceptors (Lipinski definition) is 7. The van der Waals surface area contributed by atoms with Gasteiger partial charge in [-0.25, -0.2) is 0 Å². The van der Waals surface area contributed by atoms with Gasteiger partial charge in [-0.05, 0) is 35.9 Å². The van der Waals surface area contributed by atoms with Crippen molar-refractivity contribution in [1.82, 2.24) is 5.32 Å². The molecule has 8 nitrogen and oxygen atoms in total. The van der Waals surface area contributed by atoms with Crippen molar-refractivity contribution in [3.05, 3.63) is 47.5 Å². The number of carbonyl (C=O) groups is 2. The molecule has 0 heterocycles. The number of methoxy groups -OCH3 is 4. The molecule has 2 aromatic carbocycles. The summed E-state index contributed by atoms with van der Waals surface area (Å²) in [5.74, 6) is 0.00529. The molecule has 0 bridgehead atoms. The fraction of sp³-hybridized carbons (Fsp3) is 0.300. The summed E-state index contributed by atoms with van der Waals surface area (Å²) in [7, 11) is 5.92. The average molecular weight is 388 g/mol. The monoisotopic (exact) mass is 388 g/mol. The highest BCUT2D eigenvalue weighted by Crippen LogP contribution is 2.31. The first-order chi connectivity index (χ1) is 13.4. The molecule has 0 aliphatic rings. The average Bonchev–Trinajstić information content (AvgIpc) is 2.71. The standard InChI is InChI=1S/C20H23NO7/c1-25-15-7-5-12(9-17(15)27-3)14(11-19(22)23)21-20(24)13-6-8-16(26-2)18(10-13)28-4/h5-10,14H,11H2,1-4H3,(H,21,24)(H,22,23)/p-1/t14-/m0/s1. The van der Waals surface area contributed by atoms with Crippen LogP contribution in [0.25, 0.3) is 0 Å². The van der Waals surface area contributed by atoms with Gasteiger partial charge < -0.3 is 34.2 Å². The van der Waals surface area contributed by atoms with Crippen molar-refractivity contribution in [1.29, 1.82) is 0 Å². The second kappa shape index (κ2) is 9.50. The van der Waals surface area contributed by atoms with Crippen molar-refractivity contribution in [2.24, 2.45) is 0 Å². The van der Waals surface area contributed by atoms with E-state index in [4.69, 9.17) is 18.9 Å². The lowest BCUT2D eigenvalue weighted by Gasteiger charge is -2.21. The topological polar surface area (TPSA) is 106 Å². The van der Waals surface area contributed by atoms with Gasteiger partial charge in [0.1, 0.15) is 0 Å². The Morgan fingerprint density at radius 1 is 0.857 bits per heavy atom. The molecule has 0 saturated heterocycles. The van der Waals surface area contributed by atoms with Gasteiger partial charge in [0.15, 0.2) is 23.0 Å².